The second-order valence-electron chi connectivity index (χ2n) is 6.74. The second-order valence-corrected chi connectivity index (χ2v) is 6.74. The van der Waals surface area contributed by atoms with Gasteiger partial charge >= 0.3 is 5.97 Å². The van der Waals surface area contributed by atoms with Crippen molar-refractivity contribution in [2.24, 2.45) is 0 Å². The van der Waals surface area contributed by atoms with E-state index in [-0.39, 0.29) is 5.82 Å². The molecule has 5 aromatic rings. The molecule has 10 nitrogen and oxygen atoms in total. The van der Waals surface area contributed by atoms with Crippen LogP contribution in [-0.2, 0) is 4.74 Å². The fourth-order valence-electron chi connectivity index (χ4n) is 3.29. The molecule has 0 spiro atoms. The summed E-state index contributed by atoms with van der Waals surface area (Å²) in [4.78, 5) is 20.8. The van der Waals surface area contributed by atoms with Crippen LogP contribution in [0.5, 0.6) is 11.6 Å². The van der Waals surface area contributed by atoms with E-state index in [1.165, 1.54) is 7.11 Å². The zero-order valence-electron chi connectivity index (χ0n) is 16.8. The highest BCUT2D eigenvalue weighted by Crippen LogP contribution is 2.32. The minimum absolute atomic E-state index is 0.126. The van der Waals surface area contributed by atoms with Crippen molar-refractivity contribution in [2.75, 3.05) is 12.8 Å². The van der Waals surface area contributed by atoms with Crippen molar-refractivity contribution >= 4 is 22.8 Å². The molecule has 0 unspecified atom stereocenters. The fourth-order valence-corrected chi connectivity index (χ4v) is 3.29. The van der Waals surface area contributed by atoms with Crippen LogP contribution in [-0.4, -0.2) is 37.9 Å². The molecular weight excluding hydrogens is 412 g/mol. The highest BCUT2D eigenvalue weighted by atomic mass is 16.6. The Balaban J connectivity index is 1.62. The van der Waals surface area contributed by atoms with Crippen LogP contribution in [0.25, 0.3) is 28.2 Å². The number of nitrogens with zero attached hydrogens (tertiary/aromatic N) is 5. The summed E-state index contributed by atoms with van der Waals surface area (Å²) in [7, 11) is 1.32. The number of aromatic nitrogens is 5. The SMILES string of the molecule is COC(=O)c1cccc(Oc2cc3c(cn2)nc(-c2nonc2N)n3-c2ccccc2)c1. The molecule has 0 saturated heterocycles. The Kier molecular flexibility index (Phi) is 4.71. The predicted molar refractivity (Wildman–Crippen MR) is 114 cm³/mol. The lowest BCUT2D eigenvalue weighted by molar-refractivity contribution is 0.0600. The van der Waals surface area contributed by atoms with Gasteiger partial charge in [-0.25, -0.2) is 19.4 Å². The van der Waals surface area contributed by atoms with E-state index < -0.39 is 5.97 Å². The molecule has 0 aliphatic carbocycles. The number of carbonyl (C=O) groups is 1. The summed E-state index contributed by atoms with van der Waals surface area (Å²) >= 11 is 0. The number of benzene rings is 2. The minimum Gasteiger partial charge on any atom is -0.465 e. The Morgan fingerprint density at radius 2 is 1.91 bits per heavy atom. The number of rotatable bonds is 5. The fraction of sp³-hybridized carbons (Fsp3) is 0.0455. The van der Waals surface area contributed by atoms with Crippen molar-refractivity contribution in [3.05, 3.63) is 72.4 Å². The average Bonchev–Trinajstić information content (AvgIpc) is 3.42. The van der Waals surface area contributed by atoms with E-state index in [0.717, 1.165) is 5.69 Å². The smallest absolute Gasteiger partial charge is 0.337 e. The molecule has 3 heterocycles. The molecule has 0 atom stereocenters. The van der Waals surface area contributed by atoms with Crippen LogP contribution in [0.3, 0.4) is 0 Å². The van der Waals surface area contributed by atoms with Gasteiger partial charge in [0.15, 0.2) is 17.3 Å². The lowest BCUT2D eigenvalue weighted by atomic mass is 10.2. The predicted octanol–water partition coefficient (Wildman–Crippen LogP) is 3.63. The highest BCUT2D eigenvalue weighted by Gasteiger charge is 2.21. The maximum atomic E-state index is 11.8. The van der Waals surface area contributed by atoms with Gasteiger partial charge in [0.1, 0.15) is 11.3 Å². The number of anilines is 1. The maximum Gasteiger partial charge on any atom is 0.337 e. The van der Waals surface area contributed by atoms with E-state index in [0.29, 0.717) is 39.7 Å². The highest BCUT2D eigenvalue weighted by molar-refractivity contribution is 5.89. The third-order valence-electron chi connectivity index (χ3n) is 4.73. The molecule has 0 radical (unpaired) electrons. The Bertz CT molecular complexity index is 1430. The first kappa shape index (κ1) is 19.2. The molecule has 2 aromatic carbocycles. The second kappa shape index (κ2) is 7.84. The average molecular weight is 428 g/mol. The summed E-state index contributed by atoms with van der Waals surface area (Å²) in [6, 6.07) is 18.0. The van der Waals surface area contributed by atoms with Gasteiger partial charge in [0.25, 0.3) is 0 Å². The first-order valence-electron chi connectivity index (χ1n) is 9.52. The first-order chi connectivity index (χ1) is 15.6. The molecule has 0 fully saturated rings. The standard InChI is InChI=1S/C22H16N6O4/c1-30-22(29)13-6-5-9-15(10-13)31-18-11-17-16(12-24-18)25-21(19-20(23)27-32-26-19)28(17)14-7-3-2-4-8-14/h2-12H,1H3,(H2,23,27). The van der Waals surface area contributed by atoms with Crippen molar-refractivity contribution in [1.82, 2.24) is 24.8 Å². The van der Waals surface area contributed by atoms with E-state index in [1.54, 1.807) is 36.5 Å². The summed E-state index contributed by atoms with van der Waals surface area (Å²) in [5.41, 5.74) is 8.76. The molecule has 158 valence electrons. The van der Waals surface area contributed by atoms with Crippen LogP contribution in [0.2, 0.25) is 0 Å². The number of esters is 1. The van der Waals surface area contributed by atoms with Gasteiger partial charge in [-0.1, -0.05) is 24.3 Å². The molecule has 32 heavy (non-hydrogen) atoms. The first-order valence-corrected chi connectivity index (χ1v) is 9.52. The van der Waals surface area contributed by atoms with E-state index >= 15 is 0 Å². The maximum absolute atomic E-state index is 11.8. The Labute approximate surface area is 181 Å². The molecule has 0 amide bonds. The van der Waals surface area contributed by atoms with Gasteiger partial charge < -0.3 is 15.2 Å². The normalized spacial score (nSPS) is 10.9. The van der Waals surface area contributed by atoms with E-state index in [4.69, 9.17) is 19.8 Å². The molecule has 3 aromatic heterocycles. The molecule has 0 saturated carbocycles. The Morgan fingerprint density at radius 3 is 2.66 bits per heavy atom. The topological polar surface area (TPSA) is 131 Å². The molecule has 0 aliphatic heterocycles. The van der Waals surface area contributed by atoms with E-state index in [1.807, 2.05) is 34.9 Å². The van der Waals surface area contributed by atoms with Crippen LogP contribution < -0.4 is 10.5 Å². The number of carbonyl (C=O) groups excluding carboxylic acids is 1. The molecule has 10 heteroatoms. The number of imidazole rings is 1. The number of nitrogens with two attached hydrogens (primary N) is 1. The van der Waals surface area contributed by atoms with Crippen molar-refractivity contribution in [1.29, 1.82) is 0 Å². The van der Waals surface area contributed by atoms with Crippen molar-refractivity contribution in [2.45, 2.75) is 0 Å². The monoisotopic (exact) mass is 428 g/mol. The largest absolute Gasteiger partial charge is 0.465 e. The third kappa shape index (κ3) is 3.39. The number of ether oxygens (including phenoxy) is 2. The number of fused-ring (bicyclic) bond motifs is 1. The van der Waals surface area contributed by atoms with Crippen LogP contribution in [0.1, 0.15) is 10.4 Å². The van der Waals surface area contributed by atoms with Gasteiger partial charge in [0.2, 0.25) is 5.88 Å². The van der Waals surface area contributed by atoms with E-state index in [2.05, 4.69) is 20.3 Å². The number of para-hydroxylation sites is 1. The molecular formula is C22H16N6O4. The van der Waals surface area contributed by atoms with Crippen LogP contribution in [0, 0.1) is 0 Å². The van der Waals surface area contributed by atoms with Crippen LogP contribution in [0.4, 0.5) is 5.82 Å². The summed E-state index contributed by atoms with van der Waals surface area (Å²) in [6.07, 6.45) is 1.58. The van der Waals surface area contributed by atoms with Gasteiger partial charge in [-0.05, 0) is 40.6 Å². The van der Waals surface area contributed by atoms with Crippen LogP contribution >= 0.6 is 0 Å². The zero-order chi connectivity index (χ0) is 22.1. The summed E-state index contributed by atoms with van der Waals surface area (Å²) < 4.78 is 17.3. The number of hydrogen-bond donors (Lipinski definition) is 1. The van der Waals surface area contributed by atoms with Crippen LogP contribution in [0.15, 0.2) is 71.5 Å². The van der Waals surface area contributed by atoms with Crippen molar-refractivity contribution in [3.63, 3.8) is 0 Å². The Hall–Kier alpha value is -4.73. The van der Waals surface area contributed by atoms with Crippen molar-refractivity contribution in [3.8, 4) is 28.8 Å². The van der Waals surface area contributed by atoms with Gasteiger partial charge in [-0.3, -0.25) is 4.57 Å². The summed E-state index contributed by atoms with van der Waals surface area (Å²) in [5, 5.41) is 7.56. The van der Waals surface area contributed by atoms with Crippen molar-refractivity contribution < 1.29 is 18.9 Å². The number of nitrogen functional groups attached to an aromatic ring is 1. The Morgan fingerprint density at radius 1 is 1.06 bits per heavy atom. The number of hydrogen-bond acceptors (Lipinski definition) is 9. The molecule has 5 rings (SSSR count). The molecule has 0 bridgehead atoms. The van der Waals surface area contributed by atoms with Gasteiger partial charge in [-0.15, -0.1) is 0 Å². The third-order valence-corrected chi connectivity index (χ3v) is 4.73. The van der Waals surface area contributed by atoms with Gasteiger partial charge in [0.05, 0.1) is 24.4 Å². The number of methoxy groups -OCH3 is 1. The summed E-state index contributed by atoms with van der Waals surface area (Å²) in [6.45, 7) is 0. The van der Waals surface area contributed by atoms with Gasteiger partial charge in [-0.2, -0.15) is 0 Å². The lowest BCUT2D eigenvalue weighted by Crippen LogP contribution is -2.01. The van der Waals surface area contributed by atoms with E-state index in [9.17, 15) is 4.79 Å². The quantitative estimate of drug-likeness (QED) is 0.417. The number of pyridine rings is 1. The lowest BCUT2D eigenvalue weighted by Gasteiger charge is -2.09. The zero-order valence-corrected chi connectivity index (χ0v) is 16.8. The summed E-state index contributed by atoms with van der Waals surface area (Å²) in [5.74, 6) is 0.882. The molecule has 0 aliphatic rings. The van der Waals surface area contributed by atoms with Gasteiger partial charge in [0, 0.05) is 11.8 Å². The minimum atomic E-state index is -0.454. The molecule has 2 N–H and O–H groups in total.